The van der Waals surface area contributed by atoms with Crippen molar-refractivity contribution >= 4 is 35.0 Å². The van der Waals surface area contributed by atoms with Crippen molar-refractivity contribution in [3.05, 3.63) is 28.8 Å². The summed E-state index contributed by atoms with van der Waals surface area (Å²) in [5.74, 6) is -0.453. The van der Waals surface area contributed by atoms with Gasteiger partial charge in [0.1, 0.15) is 0 Å². The first-order chi connectivity index (χ1) is 11.8. The van der Waals surface area contributed by atoms with E-state index in [4.69, 9.17) is 11.6 Å². The molecule has 1 unspecified atom stereocenters. The second-order valence-corrected chi connectivity index (χ2v) is 7.29. The molecule has 1 aliphatic carbocycles. The maximum atomic E-state index is 12.9. The Morgan fingerprint density at radius 1 is 1.44 bits per heavy atom. The number of nitrogens with one attached hydrogen (secondary N) is 1. The van der Waals surface area contributed by atoms with Gasteiger partial charge in [-0.1, -0.05) is 23.4 Å². The van der Waals surface area contributed by atoms with Gasteiger partial charge in [-0.2, -0.15) is 13.2 Å². The standard InChI is InChI=1S/C14H13ClF3N5OS/c1-7(25-13-20-21-22-23(13)9-3-4-9)12(24)19-8-2-5-11(15)10(6-8)14(16,17)18/h2,5-7,9H,3-4H2,1H3,(H,19,24). The number of nitrogens with zero attached hydrogens (tertiary/aromatic N) is 4. The number of rotatable bonds is 5. The molecular formula is C14H13ClF3N5OS. The van der Waals surface area contributed by atoms with Crippen molar-refractivity contribution in [2.45, 2.75) is 42.4 Å². The topological polar surface area (TPSA) is 72.7 Å². The third kappa shape index (κ3) is 4.24. The first-order valence-electron chi connectivity index (χ1n) is 7.38. The zero-order chi connectivity index (χ0) is 18.2. The van der Waals surface area contributed by atoms with Gasteiger partial charge in [0.15, 0.2) is 0 Å². The second-order valence-electron chi connectivity index (χ2n) is 5.58. The Bertz CT molecular complexity index is 793. The Kier molecular flexibility index (Phi) is 4.92. The highest BCUT2D eigenvalue weighted by Gasteiger charge is 2.34. The number of thioether (sulfide) groups is 1. The first kappa shape index (κ1) is 18.0. The number of anilines is 1. The lowest BCUT2D eigenvalue weighted by Gasteiger charge is -2.14. The van der Waals surface area contributed by atoms with E-state index < -0.39 is 27.9 Å². The predicted molar refractivity (Wildman–Crippen MR) is 86.5 cm³/mol. The van der Waals surface area contributed by atoms with E-state index in [0.717, 1.165) is 36.7 Å². The van der Waals surface area contributed by atoms with Crippen LogP contribution in [0.5, 0.6) is 0 Å². The first-order valence-corrected chi connectivity index (χ1v) is 8.63. The van der Waals surface area contributed by atoms with Crippen LogP contribution in [0.15, 0.2) is 23.4 Å². The van der Waals surface area contributed by atoms with Crippen LogP contribution in [0.4, 0.5) is 18.9 Å². The largest absolute Gasteiger partial charge is 0.417 e. The van der Waals surface area contributed by atoms with Crippen LogP contribution in [0.1, 0.15) is 31.4 Å². The van der Waals surface area contributed by atoms with E-state index in [1.165, 1.54) is 6.07 Å². The fraction of sp³-hybridized carbons (Fsp3) is 0.429. The lowest BCUT2D eigenvalue weighted by atomic mass is 10.2. The van der Waals surface area contributed by atoms with E-state index >= 15 is 0 Å². The molecule has 0 radical (unpaired) electrons. The minimum absolute atomic E-state index is 0.0240. The van der Waals surface area contributed by atoms with Crippen LogP contribution < -0.4 is 5.32 Å². The molecule has 1 N–H and O–H groups in total. The number of benzene rings is 1. The van der Waals surface area contributed by atoms with E-state index in [-0.39, 0.29) is 11.7 Å². The maximum absolute atomic E-state index is 12.9. The Labute approximate surface area is 150 Å². The molecule has 1 amide bonds. The molecule has 6 nitrogen and oxygen atoms in total. The molecule has 0 aliphatic heterocycles. The lowest BCUT2D eigenvalue weighted by molar-refractivity contribution is -0.137. The molecule has 1 aromatic heterocycles. The van der Waals surface area contributed by atoms with E-state index in [1.54, 1.807) is 11.6 Å². The molecule has 2 aromatic rings. The molecule has 1 aromatic carbocycles. The monoisotopic (exact) mass is 391 g/mol. The molecule has 11 heteroatoms. The van der Waals surface area contributed by atoms with Crippen molar-refractivity contribution in [2.24, 2.45) is 0 Å². The minimum Gasteiger partial charge on any atom is -0.325 e. The van der Waals surface area contributed by atoms with Crippen molar-refractivity contribution in [2.75, 3.05) is 5.32 Å². The van der Waals surface area contributed by atoms with Crippen molar-refractivity contribution < 1.29 is 18.0 Å². The SMILES string of the molecule is CC(Sc1nnnn1C1CC1)C(=O)Nc1ccc(Cl)c(C(F)(F)F)c1. The van der Waals surface area contributed by atoms with Gasteiger partial charge in [0.25, 0.3) is 0 Å². The van der Waals surface area contributed by atoms with E-state index in [2.05, 4.69) is 20.8 Å². The third-order valence-corrected chi connectivity index (χ3v) is 4.92. The molecule has 25 heavy (non-hydrogen) atoms. The molecule has 0 saturated heterocycles. The molecular weight excluding hydrogens is 379 g/mol. The highest BCUT2D eigenvalue weighted by atomic mass is 35.5. The van der Waals surface area contributed by atoms with E-state index in [9.17, 15) is 18.0 Å². The fourth-order valence-corrected chi connectivity index (χ4v) is 3.17. The van der Waals surface area contributed by atoms with Gasteiger partial charge in [0.05, 0.1) is 21.9 Å². The van der Waals surface area contributed by atoms with Crippen LogP contribution in [0.3, 0.4) is 0 Å². The highest BCUT2D eigenvalue weighted by molar-refractivity contribution is 8.00. The number of hydrogen-bond acceptors (Lipinski definition) is 5. The molecule has 3 rings (SSSR count). The van der Waals surface area contributed by atoms with Crippen LogP contribution >= 0.6 is 23.4 Å². The zero-order valence-electron chi connectivity index (χ0n) is 12.9. The minimum atomic E-state index is -4.59. The average molecular weight is 392 g/mol. The zero-order valence-corrected chi connectivity index (χ0v) is 14.5. The smallest absolute Gasteiger partial charge is 0.325 e. The van der Waals surface area contributed by atoms with Crippen molar-refractivity contribution in [1.29, 1.82) is 0 Å². The quantitative estimate of drug-likeness (QED) is 0.785. The number of halogens is 4. The van der Waals surface area contributed by atoms with Gasteiger partial charge in [0, 0.05) is 5.69 Å². The summed E-state index contributed by atoms with van der Waals surface area (Å²) in [6.45, 7) is 1.63. The van der Waals surface area contributed by atoms with Gasteiger partial charge >= 0.3 is 6.18 Å². The Hall–Kier alpha value is -1.81. The summed E-state index contributed by atoms with van der Waals surface area (Å²) in [5, 5.41) is 13.3. The molecule has 1 aliphatic rings. The van der Waals surface area contributed by atoms with Gasteiger partial charge in [-0.3, -0.25) is 4.79 Å². The summed E-state index contributed by atoms with van der Waals surface area (Å²) >= 11 is 6.72. The summed E-state index contributed by atoms with van der Waals surface area (Å²) in [6.07, 6.45) is -2.61. The molecule has 1 saturated carbocycles. The summed E-state index contributed by atoms with van der Waals surface area (Å²) in [4.78, 5) is 12.3. The van der Waals surface area contributed by atoms with Gasteiger partial charge in [0.2, 0.25) is 11.1 Å². The fourth-order valence-electron chi connectivity index (χ4n) is 2.09. The number of tetrazole rings is 1. The van der Waals surface area contributed by atoms with Gasteiger partial charge in [-0.05, 0) is 48.4 Å². The Morgan fingerprint density at radius 3 is 2.80 bits per heavy atom. The Balaban J connectivity index is 1.68. The molecule has 0 spiro atoms. The van der Waals surface area contributed by atoms with Crippen LogP contribution in [-0.4, -0.2) is 31.4 Å². The van der Waals surface area contributed by atoms with Crippen LogP contribution in [0, 0.1) is 0 Å². The predicted octanol–water partition coefficient (Wildman–Crippen LogP) is 3.80. The molecule has 1 atom stereocenters. The average Bonchev–Trinajstić information content (AvgIpc) is 3.28. The summed E-state index contributed by atoms with van der Waals surface area (Å²) in [6, 6.07) is 3.50. The van der Waals surface area contributed by atoms with Gasteiger partial charge in [-0.25, -0.2) is 4.68 Å². The van der Waals surface area contributed by atoms with Crippen molar-refractivity contribution in [3.63, 3.8) is 0 Å². The lowest BCUT2D eigenvalue weighted by Crippen LogP contribution is -2.23. The van der Waals surface area contributed by atoms with Gasteiger partial charge in [-0.15, -0.1) is 5.10 Å². The number of aromatic nitrogens is 4. The van der Waals surface area contributed by atoms with Crippen LogP contribution in [0.2, 0.25) is 5.02 Å². The number of carbonyl (C=O) groups excluding carboxylic acids is 1. The number of carbonyl (C=O) groups is 1. The molecule has 1 fully saturated rings. The van der Waals surface area contributed by atoms with Crippen molar-refractivity contribution in [3.8, 4) is 0 Å². The van der Waals surface area contributed by atoms with E-state index in [0.29, 0.717) is 5.16 Å². The summed E-state index contributed by atoms with van der Waals surface area (Å²) in [5.41, 5.74) is -0.971. The number of alkyl halides is 3. The highest BCUT2D eigenvalue weighted by Crippen LogP contribution is 2.38. The van der Waals surface area contributed by atoms with Crippen LogP contribution in [0.25, 0.3) is 0 Å². The number of amides is 1. The van der Waals surface area contributed by atoms with E-state index in [1.807, 2.05) is 0 Å². The van der Waals surface area contributed by atoms with Crippen molar-refractivity contribution in [1.82, 2.24) is 20.2 Å². The third-order valence-electron chi connectivity index (χ3n) is 3.55. The van der Waals surface area contributed by atoms with Gasteiger partial charge < -0.3 is 5.32 Å². The summed E-state index contributed by atoms with van der Waals surface area (Å²) < 4.78 is 40.3. The van der Waals surface area contributed by atoms with Crippen LogP contribution in [-0.2, 0) is 11.0 Å². The second kappa shape index (κ2) is 6.83. The normalized spacial score (nSPS) is 15.9. The molecule has 134 valence electrons. The molecule has 0 bridgehead atoms. The number of hydrogen-bond donors (Lipinski definition) is 1. The Morgan fingerprint density at radius 2 is 2.16 bits per heavy atom. The maximum Gasteiger partial charge on any atom is 0.417 e. The molecule has 1 heterocycles. The summed E-state index contributed by atoms with van der Waals surface area (Å²) in [7, 11) is 0.